The van der Waals surface area contributed by atoms with Gasteiger partial charge >= 0.3 is 0 Å². The van der Waals surface area contributed by atoms with Gasteiger partial charge in [-0.3, -0.25) is 4.79 Å². The quantitative estimate of drug-likeness (QED) is 0.670. The van der Waals surface area contributed by atoms with Gasteiger partial charge in [-0.1, -0.05) is 0 Å². The zero-order valence-corrected chi connectivity index (χ0v) is 6.64. The molecule has 5 nitrogen and oxygen atoms in total. The number of hydrogen-bond donors (Lipinski definition) is 1. The van der Waals surface area contributed by atoms with Crippen LogP contribution in [0, 0.1) is 0 Å². The van der Waals surface area contributed by atoms with Gasteiger partial charge in [0.1, 0.15) is 6.33 Å². The van der Waals surface area contributed by atoms with E-state index in [9.17, 15) is 4.79 Å². The Kier molecular flexibility index (Phi) is 1.84. The van der Waals surface area contributed by atoms with Gasteiger partial charge < -0.3 is 4.98 Å². The van der Waals surface area contributed by atoms with Crippen LogP contribution < -0.4 is 0 Å². The fourth-order valence-corrected chi connectivity index (χ4v) is 0.943. The molecule has 0 aliphatic carbocycles. The number of carbonyl (C=O) groups is 1. The first kappa shape index (κ1) is 7.60. The molecule has 2 aromatic heterocycles. The zero-order chi connectivity index (χ0) is 9.10. The summed E-state index contributed by atoms with van der Waals surface area (Å²) in [4.78, 5) is 25.6. The number of carbonyl (C=O) groups excluding carboxylic acids is 1. The van der Waals surface area contributed by atoms with Gasteiger partial charge in [0, 0.05) is 24.8 Å². The lowest BCUT2D eigenvalue weighted by atomic mass is 10.2. The Balaban J connectivity index is 2.34. The van der Waals surface area contributed by atoms with Gasteiger partial charge in [-0.15, -0.1) is 0 Å². The van der Waals surface area contributed by atoms with E-state index in [0.29, 0.717) is 11.4 Å². The summed E-state index contributed by atoms with van der Waals surface area (Å²) in [6.07, 6.45) is 7.41. The molecule has 5 heteroatoms. The molecule has 0 aliphatic rings. The molecule has 2 aromatic rings. The third-order valence-corrected chi connectivity index (χ3v) is 1.54. The molecule has 0 unspecified atom stereocenters. The number of nitrogens with zero attached hydrogens (tertiary/aromatic N) is 3. The highest BCUT2D eigenvalue weighted by Crippen LogP contribution is 2.01. The van der Waals surface area contributed by atoms with Gasteiger partial charge in [0.25, 0.3) is 0 Å². The van der Waals surface area contributed by atoms with Crippen molar-refractivity contribution in [1.29, 1.82) is 0 Å². The molecule has 0 aromatic carbocycles. The Morgan fingerprint density at radius 1 is 1.31 bits per heavy atom. The summed E-state index contributed by atoms with van der Waals surface area (Å²) in [6.45, 7) is 0. The first-order valence-corrected chi connectivity index (χ1v) is 3.67. The van der Waals surface area contributed by atoms with Crippen LogP contribution in [-0.4, -0.2) is 25.7 Å². The van der Waals surface area contributed by atoms with Gasteiger partial charge in [-0.2, -0.15) is 0 Å². The van der Waals surface area contributed by atoms with Crippen LogP contribution >= 0.6 is 0 Å². The summed E-state index contributed by atoms with van der Waals surface area (Å²) >= 11 is 0. The lowest BCUT2D eigenvalue weighted by molar-refractivity contribution is 0.102. The molecule has 1 N–H and O–H groups in total. The molecule has 0 fully saturated rings. The maximum absolute atomic E-state index is 11.5. The molecular weight excluding hydrogens is 168 g/mol. The first-order valence-electron chi connectivity index (χ1n) is 3.67. The van der Waals surface area contributed by atoms with E-state index in [2.05, 4.69) is 19.9 Å². The Hall–Kier alpha value is -2.04. The minimum absolute atomic E-state index is 0.203. The third kappa shape index (κ3) is 1.44. The predicted molar refractivity (Wildman–Crippen MR) is 44.1 cm³/mol. The van der Waals surface area contributed by atoms with E-state index in [4.69, 9.17) is 0 Å². The Bertz CT molecular complexity index is 395. The van der Waals surface area contributed by atoms with Crippen molar-refractivity contribution in [3.63, 3.8) is 0 Å². The molecule has 0 spiro atoms. The minimum atomic E-state index is -0.203. The summed E-state index contributed by atoms with van der Waals surface area (Å²) in [7, 11) is 0. The second kappa shape index (κ2) is 3.14. The molecule has 0 aliphatic heterocycles. The number of hydrogen-bond acceptors (Lipinski definition) is 4. The summed E-state index contributed by atoms with van der Waals surface area (Å²) in [5.74, 6) is 0.0976. The van der Waals surface area contributed by atoms with E-state index in [-0.39, 0.29) is 5.78 Å². The van der Waals surface area contributed by atoms with Crippen LogP contribution in [0.1, 0.15) is 16.2 Å². The van der Waals surface area contributed by atoms with Crippen LogP contribution in [0.25, 0.3) is 0 Å². The zero-order valence-electron chi connectivity index (χ0n) is 6.64. The molecule has 2 rings (SSSR count). The summed E-state index contributed by atoms with van der Waals surface area (Å²) in [6, 6.07) is 0. The van der Waals surface area contributed by atoms with Gasteiger partial charge in [0.15, 0.2) is 5.82 Å². The number of imidazole rings is 1. The molecule has 64 valence electrons. The molecule has 0 radical (unpaired) electrons. The average Bonchev–Trinajstić information content (AvgIpc) is 2.71. The lowest BCUT2D eigenvalue weighted by Gasteiger charge is -1.93. The van der Waals surface area contributed by atoms with Gasteiger partial charge in [0.2, 0.25) is 5.78 Å². The van der Waals surface area contributed by atoms with Crippen LogP contribution in [-0.2, 0) is 0 Å². The molecule has 0 saturated heterocycles. The van der Waals surface area contributed by atoms with Gasteiger partial charge in [0.05, 0.1) is 5.56 Å². The summed E-state index contributed by atoms with van der Waals surface area (Å²) < 4.78 is 0. The average molecular weight is 174 g/mol. The van der Waals surface area contributed by atoms with Crippen molar-refractivity contribution in [3.05, 3.63) is 42.5 Å². The highest BCUT2D eigenvalue weighted by Gasteiger charge is 2.10. The molecule has 2 heterocycles. The highest BCUT2D eigenvalue weighted by molar-refractivity contribution is 6.05. The number of rotatable bonds is 2. The Morgan fingerprint density at radius 2 is 2.08 bits per heavy atom. The number of ketones is 1. The standard InChI is InChI=1S/C8H6N4O/c13-7(8-11-1-2-12-8)6-3-9-5-10-4-6/h1-5H,(H,11,12). The van der Waals surface area contributed by atoms with Crippen LogP contribution in [0.5, 0.6) is 0 Å². The fourth-order valence-electron chi connectivity index (χ4n) is 0.943. The fraction of sp³-hybridized carbons (Fsp3) is 0. The van der Waals surface area contributed by atoms with Gasteiger partial charge in [-0.25, -0.2) is 15.0 Å². The van der Waals surface area contributed by atoms with Crippen molar-refractivity contribution in [2.45, 2.75) is 0 Å². The number of H-pyrrole nitrogens is 1. The van der Waals surface area contributed by atoms with Crippen LogP contribution in [0.2, 0.25) is 0 Å². The van der Waals surface area contributed by atoms with Crippen molar-refractivity contribution in [2.24, 2.45) is 0 Å². The van der Waals surface area contributed by atoms with E-state index in [1.165, 1.54) is 24.9 Å². The second-order valence-electron chi connectivity index (χ2n) is 2.39. The number of aromatic nitrogens is 4. The Labute approximate surface area is 73.9 Å². The van der Waals surface area contributed by atoms with E-state index in [1.807, 2.05) is 0 Å². The maximum atomic E-state index is 11.5. The maximum Gasteiger partial charge on any atom is 0.231 e. The van der Waals surface area contributed by atoms with Crippen LogP contribution in [0.4, 0.5) is 0 Å². The van der Waals surface area contributed by atoms with E-state index in [0.717, 1.165) is 0 Å². The minimum Gasteiger partial charge on any atom is -0.342 e. The van der Waals surface area contributed by atoms with Crippen LogP contribution in [0.3, 0.4) is 0 Å². The summed E-state index contributed by atoms with van der Waals surface area (Å²) in [5.41, 5.74) is 0.428. The van der Waals surface area contributed by atoms with Crippen LogP contribution in [0.15, 0.2) is 31.1 Å². The summed E-state index contributed by atoms with van der Waals surface area (Å²) in [5, 5.41) is 0. The first-order chi connectivity index (χ1) is 6.38. The molecule has 13 heavy (non-hydrogen) atoms. The smallest absolute Gasteiger partial charge is 0.231 e. The predicted octanol–water partition coefficient (Wildman–Crippen LogP) is 0.431. The van der Waals surface area contributed by atoms with E-state index < -0.39 is 0 Å². The van der Waals surface area contributed by atoms with E-state index >= 15 is 0 Å². The SMILES string of the molecule is O=C(c1cncnc1)c1ncc[nH]1. The topological polar surface area (TPSA) is 71.5 Å². The van der Waals surface area contributed by atoms with Crippen molar-refractivity contribution in [1.82, 2.24) is 19.9 Å². The van der Waals surface area contributed by atoms with Gasteiger partial charge in [-0.05, 0) is 0 Å². The van der Waals surface area contributed by atoms with E-state index in [1.54, 1.807) is 6.20 Å². The molecule has 0 amide bonds. The number of aromatic amines is 1. The Morgan fingerprint density at radius 3 is 2.69 bits per heavy atom. The highest BCUT2D eigenvalue weighted by atomic mass is 16.1. The molecule has 0 saturated carbocycles. The normalized spacial score (nSPS) is 9.85. The largest absolute Gasteiger partial charge is 0.342 e. The number of nitrogens with one attached hydrogen (secondary N) is 1. The molecular formula is C8H6N4O. The van der Waals surface area contributed by atoms with Crippen molar-refractivity contribution >= 4 is 5.78 Å². The molecule has 0 bridgehead atoms. The lowest BCUT2D eigenvalue weighted by Crippen LogP contribution is -2.04. The second-order valence-corrected chi connectivity index (χ2v) is 2.39. The van der Waals surface area contributed by atoms with Crippen molar-refractivity contribution in [3.8, 4) is 0 Å². The van der Waals surface area contributed by atoms with Crippen molar-refractivity contribution in [2.75, 3.05) is 0 Å². The van der Waals surface area contributed by atoms with Crippen molar-refractivity contribution < 1.29 is 4.79 Å². The molecule has 0 atom stereocenters. The monoisotopic (exact) mass is 174 g/mol. The third-order valence-electron chi connectivity index (χ3n) is 1.54.